The molecule has 1 atom stereocenters. The fraction of sp³-hybridized carbons (Fsp3) is 1.00. The van der Waals surface area contributed by atoms with Crippen LogP contribution >= 0.6 is 0 Å². The van der Waals surface area contributed by atoms with Gasteiger partial charge < -0.3 is 0 Å². The van der Waals surface area contributed by atoms with Gasteiger partial charge in [0.2, 0.25) is 0 Å². The van der Waals surface area contributed by atoms with Crippen LogP contribution in [0.4, 0.5) is 0 Å². The Kier molecular flexibility index (Phi) is 2.22. The Morgan fingerprint density at radius 3 is 2.17 bits per heavy atom. The number of nitrogens with zero attached hydrogens (tertiary/aromatic N) is 1. The molecule has 0 spiro atoms. The molecule has 0 saturated carbocycles. The molecule has 1 rings (SSSR count). The van der Waals surface area contributed by atoms with Crippen molar-refractivity contribution in [3.05, 3.63) is 0 Å². The highest BCUT2D eigenvalue weighted by atomic mass is 32.2. The summed E-state index contributed by atoms with van der Waals surface area (Å²) in [5, 5.41) is 5.08. The lowest BCUT2D eigenvalue weighted by molar-refractivity contribution is 0.292. The Morgan fingerprint density at radius 1 is 1.50 bits per heavy atom. The highest BCUT2D eigenvalue weighted by Crippen LogP contribution is 2.33. The highest BCUT2D eigenvalue weighted by Gasteiger charge is 2.41. The van der Waals surface area contributed by atoms with Gasteiger partial charge in [-0.1, -0.05) is 6.92 Å². The molecule has 0 aromatic carbocycles. The minimum atomic E-state index is -3.51. The molecule has 0 aliphatic carbocycles. The molecule has 1 unspecified atom stereocenters. The Balaban J connectivity index is 2.94. The molecule has 1 fully saturated rings. The summed E-state index contributed by atoms with van der Waals surface area (Å²) in [7, 11) is -3.51. The minimum Gasteiger partial charge on any atom is -0.216 e. The van der Waals surface area contributed by atoms with Crippen molar-refractivity contribution in [1.29, 1.82) is 0 Å². The topological polar surface area (TPSA) is 63.4 Å². The van der Waals surface area contributed by atoms with Crippen LogP contribution in [-0.2, 0) is 10.2 Å². The standard InChI is InChI=1S/C7H16N2O2S/c1-6-4-7(2,3)9(5-6)12(8,10)11/h6H,4-5H2,1-3H3,(H2,8,10,11). The molecule has 12 heavy (non-hydrogen) atoms. The first kappa shape index (κ1) is 9.95. The highest BCUT2D eigenvalue weighted by molar-refractivity contribution is 7.86. The molecular weight excluding hydrogens is 176 g/mol. The summed E-state index contributed by atoms with van der Waals surface area (Å²) < 4.78 is 23.6. The monoisotopic (exact) mass is 192 g/mol. The molecule has 0 aromatic rings. The Morgan fingerprint density at radius 2 is 2.00 bits per heavy atom. The van der Waals surface area contributed by atoms with E-state index >= 15 is 0 Å². The van der Waals surface area contributed by atoms with Crippen LogP contribution in [0.25, 0.3) is 0 Å². The molecule has 0 bridgehead atoms. The van der Waals surface area contributed by atoms with Gasteiger partial charge in [0.1, 0.15) is 0 Å². The van der Waals surface area contributed by atoms with E-state index in [1.165, 1.54) is 4.31 Å². The third-order valence-electron chi connectivity index (χ3n) is 2.31. The van der Waals surface area contributed by atoms with Crippen LogP contribution in [0.1, 0.15) is 27.2 Å². The first-order valence-corrected chi connectivity index (χ1v) is 5.54. The largest absolute Gasteiger partial charge is 0.277 e. The number of rotatable bonds is 1. The predicted molar refractivity (Wildman–Crippen MR) is 47.7 cm³/mol. The predicted octanol–water partition coefficient (Wildman–Crippen LogP) is 0.310. The molecule has 1 heterocycles. The van der Waals surface area contributed by atoms with E-state index in [-0.39, 0.29) is 5.54 Å². The fourth-order valence-electron chi connectivity index (χ4n) is 2.00. The summed E-state index contributed by atoms with van der Waals surface area (Å²) in [5.41, 5.74) is -0.312. The summed E-state index contributed by atoms with van der Waals surface area (Å²) in [5.74, 6) is 0.401. The van der Waals surface area contributed by atoms with Crippen molar-refractivity contribution >= 4 is 10.2 Å². The Labute approximate surface area is 73.9 Å². The zero-order valence-corrected chi connectivity index (χ0v) is 8.56. The third-order valence-corrected chi connectivity index (χ3v) is 3.57. The van der Waals surface area contributed by atoms with Crippen LogP contribution in [0.3, 0.4) is 0 Å². The first-order valence-electron chi connectivity index (χ1n) is 4.04. The van der Waals surface area contributed by atoms with E-state index in [0.29, 0.717) is 12.5 Å². The lowest BCUT2D eigenvalue weighted by Gasteiger charge is -2.28. The normalized spacial score (nSPS) is 30.8. The van der Waals surface area contributed by atoms with Crippen LogP contribution in [-0.4, -0.2) is 24.8 Å². The van der Waals surface area contributed by atoms with Crippen LogP contribution in [0.15, 0.2) is 0 Å². The van der Waals surface area contributed by atoms with Crippen molar-refractivity contribution < 1.29 is 8.42 Å². The van der Waals surface area contributed by atoms with E-state index in [1.54, 1.807) is 0 Å². The molecule has 0 radical (unpaired) electrons. The van der Waals surface area contributed by atoms with E-state index in [2.05, 4.69) is 0 Å². The van der Waals surface area contributed by atoms with Gasteiger partial charge >= 0.3 is 0 Å². The molecule has 72 valence electrons. The van der Waals surface area contributed by atoms with Gasteiger partial charge in [0.25, 0.3) is 10.2 Å². The van der Waals surface area contributed by atoms with Crippen molar-refractivity contribution in [1.82, 2.24) is 4.31 Å². The summed E-state index contributed by atoms with van der Waals surface area (Å²) in [4.78, 5) is 0. The fourth-order valence-corrected chi connectivity index (χ4v) is 3.22. The van der Waals surface area contributed by atoms with Gasteiger partial charge in [0.15, 0.2) is 0 Å². The first-order chi connectivity index (χ1) is 5.23. The molecular formula is C7H16N2O2S. The lowest BCUT2D eigenvalue weighted by Crippen LogP contribution is -2.46. The van der Waals surface area contributed by atoms with Crippen LogP contribution in [0.5, 0.6) is 0 Å². The minimum absolute atomic E-state index is 0.312. The molecule has 1 aliphatic rings. The van der Waals surface area contributed by atoms with Crippen molar-refractivity contribution in [2.75, 3.05) is 6.54 Å². The summed E-state index contributed by atoms with van der Waals surface area (Å²) in [6.45, 7) is 6.39. The van der Waals surface area contributed by atoms with Gasteiger partial charge in [-0.25, -0.2) is 5.14 Å². The summed E-state index contributed by atoms with van der Waals surface area (Å²) in [6, 6.07) is 0. The smallest absolute Gasteiger partial charge is 0.216 e. The summed E-state index contributed by atoms with van der Waals surface area (Å²) >= 11 is 0. The van der Waals surface area contributed by atoms with E-state index < -0.39 is 10.2 Å². The lowest BCUT2D eigenvalue weighted by atomic mass is 9.99. The summed E-state index contributed by atoms with van der Waals surface area (Å²) in [6.07, 6.45) is 0.878. The number of hydrogen-bond acceptors (Lipinski definition) is 2. The van der Waals surface area contributed by atoms with Gasteiger partial charge in [0.05, 0.1) is 0 Å². The van der Waals surface area contributed by atoms with Crippen molar-refractivity contribution in [2.45, 2.75) is 32.7 Å². The molecule has 1 aliphatic heterocycles. The zero-order chi connectivity index (χ0) is 9.57. The van der Waals surface area contributed by atoms with Crippen LogP contribution < -0.4 is 5.14 Å². The molecule has 2 N–H and O–H groups in total. The Hall–Kier alpha value is -0.130. The SMILES string of the molecule is CC1CN(S(N)(=O)=O)C(C)(C)C1. The van der Waals surface area contributed by atoms with E-state index in [1.807, 2.05) is 20.8 Å². The quantitative estimate of drug-likeness (QED) is 0.650. The number of hydrogen-bond donors (Lipinski definition) is 1. The van der Waals surface area contributed by atoms with Crippen LogP contribution in [0, 0.1) is 5.92 Å². The molecule has 0 amide bonds. The average molecular weight is 192 g/mol. The van der Waals surface area contributed by atoms with E-state index in [4.69, 9.17) is 5.14 Å². The Bertz CT molecular complexity index is 271. The molecule has 0 aromatic heterocycles. The number of nitrogens with two attached hydrogens (primary N) is 1. The van der Waals surface area contributed by atoms with Crippen molar-refractivity contribution in [2.24, 2.45) is 11.1 Å². The average Bonchev–Trinajstić information content (AvgIpc) is 2.02. The maximum atomic E-state index is 11.1. The van der Waals surface area contributed by atoms with Gasteiger partial charge in [0, 0.05) is 12.1 Å². The van der Waals surface area contributed by atoms with Gasteiger partial charge in [-0.15, -0.1) is 0 Å². The maximum Gasteiger partial charge on any atom is 0.277 e. The zero-order valence-electron chi connectivity index (χ0n) is 7.74. The van der Waals surface area contributed by atoms with E-state index in [0.717, 1.165) is 6.42 Å². The molecule has 1 saturated heterocycles. The van der Waals surface area contributed by atoms with Crippen molar-refractivity contribution in [3.63, 3.8) is 0 Å². The third kappa shape index (κ3) is 1.78. The van der Waals surface area contributed by atoms with E-state index in [9.17, 15) is 8.42 Å². The van der Waals surface area contributed by atoms with Gasteiger partial charge in [-0.3, -0.25) is 0 Å². The van der Waals surface area contributed by atoms with Crippen LogP contribution in [0.2, 0.25) is 0 Å². The van der Waals surface area contributed by atoms with Crippen molar-refractivity contribution in [3.8, 4) is 0 Å². The molecule has 5 heteroatoms. The second-order valence-corrected chi connectivity index (χ2v) is 5.67. The maximum absolute atomic E-state index is 11.1. The van der Waals surface area contributed by atoms with Gasteiger partial charge in [-0.05, 0) is 26.2 Å². The second-order valence-electron chi connectivity index (χ2n) is 4.20. The second kappa shape index (κ2) is 2.68. The molecule has 4 nitrogen and oxygen atoms in total. The van der Waals surface area contributed by atoms with Gasteiger partial charge in [-0.2, -0.15) is 12.7 Å².